The average Bonchev–Trinajstić information content (AvgIpc) is 3.28. The van der Waals surface area contributed by atoms with Crippen molar-refractivity contribution in [1.82, 2.24) is 9.97 Å². The molecule has 1 N–H and O–H groups in total. The van der Waals surface area contributed by atoms with Gasteiger partial charge in [-0.1, -0.05) is 38.0 Å². The van der Waals surface area contributed by atoms with Crippen molar-refractivity contribution < 1.29 is 6.22 Å². The second-order valence-electron chi connectivity index (χ2n) is 9.51. The number of allylic oxidation sites excluding steroid dienone is 2. The first-order valence-electron chi connectivity index (χ1n) is 11.5. The number of hydrogen-bond donors (Lipinski definition) is 1. The topological polar surface area (TPSA) is 61.4 Å². The molecule has 0 spiro atoms. The van der Waals surface area contributed by atoms with Gasteiger partial charge in [0.15, 0.2) is 5.82 Å². The molecule has 1 amide bonds. The molecule has 0 unspecified atom stereocenters. The highest BCUT2D eigenvalue weighted by Gasteiger charge is 2.41. The Bertz CT molecular complexity index is 860. The summed E-state index contributed by atoms with van der Waals surface area (Å²) in [4.78, 5) is 26.9. The van der Waals surface area contributed by atoms with E-state index in [1.54, 1.807) is 4.90 Å². The molecule has 1 saturated carbocycles. The second-order valence-corrected chi connectivity index (χ2v) is 9.51. The lowest BCUT2D eigenvalue weighted by atomic mass is 9.91. The molecular weight excluding hydrogens is 374 g/mol. The van der Waals surface area contributed by atoms with Gasteiger partial charge in [-0.2, -0.15) is 4.98 Å². The van der Waals surface area contributed by atoms with Gasteiger partial charge in [-0.15, -0.1) is 0 Å². The van der Waals surface area contributed by atoms with Crippen molar-refractivity contribution in [2.24, 2.45) is 5.41 Å². The third-order valence-electron chi connectivity index (χ3n) is 6.74. The first-order valence-corrected chi connectivity index (χ1v) is 11.5. The smallest absolute Gasteiger partial charge is 0.234 e. The summed E-state index contributed by atoms with van der Waals surface area (Å²) in [7, 11) is 1.85. The summed E-state index contributed by atoms with van der Waals surface area (Å²) in [5.74, 6) is 1.66. The molecule has 6 nitrogen and oxygen atoms in total. The fourth-order valence-corrected chi connectivity index (χ4v) is 5.00. The van der Waals surface area contributed by atoms with Gasteiger partial charge in [0.1, 0.15) is 5.69 Å². The number of fused-ring (bicyclic) bond motifs is 1. The highest BCUT2D eigenvalue weighted by Crippen LogP contribution is 2.40. The van der Waals surface area contributed by atoms with Crippen molar-refractivity contribution in [2.75, 3.05) is 28.7 Å². The fraction of sp³-hybridized carbons (Fsp3) is 0.625. The van der Waals surface area contributed by atoms with Crippen LogP contribution < -0.4 is 15.1 Å². The van der Waals surface area contributed by atoms with Gasteiger partial charge in [-0.05, 0) is 51.5 Å². The van der Waals surface area contributed by atoms with Crippen LogP contribution in [0.25, 0.3) is 0 Å². The van der Waals surface area contributed by atoms with Crippen LogP contribution >= 0.6 is 0 Å². The summed E-state index contributed by atoms with van der Waals surface area (Å²) in [5, 5.41) is 3.55. The largest absolute Gasteiger partial charge is 0.351 e. The molecule has 4 rings (SSSR count). The molecule has 2 heterocycles. The molecule has 2 aliphatic carbocycles. The number of carbonyl (C=O) groups excluding carboxylic acids is 1. The lowest BCUT2D eigenvalue weighted by molar-refractivity contribution is -0.125. The van der Waals surface area contributed by atoms with Crippen molar-refractivity contribution in [3.8, 4) is 0 Å². The minimum atomic E-state index is -0.463. The van der Waals surface area contributed by atoms with E-state index in [9.17, 15) is 4.79 Å². The summed E-state index contributed by atoms with van der Waals surface area (Å²) in [6, 6.07) is 0.636. The van der Waals surface area contributed by atoms with Crippen LogP contribution in [0.2, 0.25) is 0 Å². The highest BCUT2D eigenvalue weighted by molar-refractivity contribution is 6.00. The van der Waals surface area contributed by atoms with Gasteiger partial charge in [0.05, 0.1) is 17.7 Å². The molecule has 1 fully saturated rings. The maximum atomic E-state index is 13.1. The van der Waals surface area contributed by atoms with E-state index in [1.807, 2.05) is 27.1 Å². The minimum absolute atomic E-state index is 0. The normalized spacial score (nSPS) is 22.5. The van der Waals surface area contributed by atoms with E-state index in [4.69, 9.17) is 4.98 Å². The van der Waals surface area contributed by atoms with Crippen molar-refractivity contribution >= 4 is 23.4 Å². The van der Waals surface area contributed by atoms with Crippen molar-refractivity contribution in [1.29, 1.82) is 0 Å². The van der Waals surface area contributed by atoms with Crippen molar-refractivity contribution in [3.05, 3.63) is 30.0 Å². The first kappa shape index (κ1) is 20.9. The van der Waals surface area contributed by atoms with Crippen LogP contribution in [0.3, 0.4) is 0 Å². The van der Waals surface area contributed by atoms with Crippen LogP contribution in [-0.2, 0) is 4.79 Å². The van der Waals surface area contributed by atoms with E-state index < -0.39 is 5.41 Å². The van der Waals surface area contributed by atoms with Gasteiger partial charge in [0.25, 0.3) is 0 Å². The molecule has 0 saturated heterocycles. The number of rotatable bonds is 5. The fourth-order valence-electron chi connectivity index (χ4n) is 5.00. The van der Waals surface area contributed by atoms with Crippen LogP contribution in [0.1, 0.15) is 67.1 Å². The predicted molar refractivity (Wildman–Crippen MR) is 125 cm³/mol. The number of nitrogens with one attached hydrogen (secondary N) is 1. The SMILES string of the molecule is CC[C@H](Nc1ncc2c(n1)N(C1CCCC1)CC(C)(C)C(=O)N2C)C1=CCCC=C1.[HH]. The van der Waals surface area contributed by atoms with Gasteiger partial charge in [0.2, 0.25) is 11.9 Å². The maximum Gasteiger partial charge on any atom is 0.234 e. The summed E-state index contributed by atoms with van der Waals surface area (Å²) >= 11 is 0. The Hall–Kier alpha value is -2.37. The van der Waals surface area contributed by atoms with Gasteiger partial charge in [-0.25, -0.2) is 4.98 Å². The lowest BCUT2D eigenvalue weighted by Crippen LogP contribution is -2.45. The Morgan fingerprint density at radius 1 is 1.30 bits per heavy atom. The zero-order chi connectivity index (χ0) is 21.3. The quantitative estimate of drug-likeness (QED) is 0.743. The standard InChI is InChI=1S/C24H35N5O.H2/c1-5-19(17-11-7-6-8-12-17)26-23-25-15-20-21(27-23)29(18-13-9-10-14-18)16-24(2,3)22(30)28(20)4;/h7,11-12,15,18-19H,5-6,8-10,13-14,16H2,1-4H3,(H,25,26,27);1H/t19-;/m0./s1. The molecule has 1 aliphatic heterocycles. The van der Waals surface area contributed by atoms with Gasteiger partial charge in [0, 0.05) is 21.1 Å². The Morgan fingerprint density at radius 3 is 2.73 bits per heavy atom. The van der Waals surface area contributed by atoms with Gasteiger partial charge >= 0.3 is 0 Å². The second kappa shape index (κ2) is 8.40. The summed E-state index contributed by atoms with van der Waals surface area (Å²) in [6.07, 6.45) is 16.6. The van der Waals surface area contributed by atoms with Gasteiger partial charge < -0.3 is 15.1 Å². The van der Waals surface area contributed by atoms with E-state index in [1.165, 1.54) is 18.4 Å². The number of carbonyl (C=O) groups is 1. The number of hydrogen-bond acceptors (Lipinski definition) is 5. The Kier molecular flexibility index (Phi) is 5.85. The van der Waals surface area contributed by atoms with Crippen LogP contribution in [0, 0.1) is 5.41 Å². The van der Waals surface area contributed by atoms with Crippen LogP contribution in [0.5, 0.6) is 0 Å². The number of nitrogens with zero attached hydrogens (tertiary/aromatic N) is 4. The Morgan fingerprint density at radius 2 is 2.07 bits per heavy atom. The van der Waals surface area contributed by atoms with Crippen LogP contribution in [0.4, 0.5) is 17.5 Å². The van der Waals surface area contributed by atoms with E-state index in [2.05, 4.69) is 40.4 Å². The van der Waals surface area contributed by atoms with Crippen molar-refractivity contribution in [3.63, 3.8) is 0 Å². The zero-order valence-electron chi connectivity index (χ0n) is 18.8. The zero-order valence-corrected chi connectivity index (χ0v) is 18.8. The van der Waals surface area contributed by atoms with E-state index in [0.29, 0.717) is 18.5 Å². The number of aromatic nitrogens is 2. The molecular formula is C24H37N5O. The molecule has 1 atom stereocenters. The van der Waals surface area contributed by atoms with Gasteiger partial charge in [-0.3, -0.25) is 4.79 Å². The van der Waals surface area contributed by atoms with Crippen LogP contribution in [0.15, 0.2) is 30.0 Å². The first-order chi connectivity index (χ1) is 14.4. The average molecular weight is 412 g/mol. The highest BCUT2D eigenvalue weighted by atomic mass is 16.2. The Labute approximate surface area is 181 Å². The number of amides is 1. The Balaban J connectivity index is 0.00000272. The molecule has 0 radical (unpaired) electrons. The number of anilines is 3. The van der Waals surface area contributed by atoms with Crippen molar-refractivity contribution in [2.45, 2.75) is 77.8 Å². The summed E-state index contributed by atoms with van der Waals surface area (Å²) in [6.45, 7) is 6.96. The molecule has 1 aromatic heterocycles. The molecule has 3 aliphatic rings. The summed E-state index contributed by atoms with van der Waals surface area (Å²) < 4.78 is 0. The molecule has 1 aromatic rings. The van der Waals surface area contributed by atoms with E-state index >= 15 is 0 Å². The monoisotopic (exact) mass is 411 g/mol. The third-order valence-corrected chi connectivity index (χ3v) is 6.74. The minimum Gasteiger partial charge on any atom is -0.351 e. The summed E-state index contributed by atoms with van der Waals surface area (Å²) in [5.41, 5.74) is 1.66. The molecule has 164 valence electrons. The van der Waals surface area contributed by atoms with Crippen LogP contribution in [-0.4, -0.2) is 41.6 Å². The maximum absolute atomic E-state index is 13.1. The molecule has 6 heteroatoms. The lowest BCUT2D eigenvalue weighted by Gasteiger charge is -2.34. The third kappa shape index (κ3) is 3.96. The van der Waals surface area contributed by atoms with E-state index in [0.717, 1.165) is 43.6 Å². The molecule has 0 aromatic carbocycles. The predicted octanol–water partition coefficient (Wildman–Crippen LogP) is 4.94. The molecule has 30 heavy (non-hydrogen) atoms. The molecule has 0 bridgehead atoms. The van der Waals surface area contributed by atoms with E-state index in [-0.39, 0.29) is 13.4 Å².